The van der Waals surface area contributed by atoms with Crippen molar-refractivity contribution in [2.45, 2.75) is 6.92 Å². The van der Waals surface area contributed by atoms with Crippen molar-refractivity contribution in [1.29, 1.82) is 0 Å². The van der Waals surface area contributed by atoms with E-state index in [-0.39, 0.29) is 5.91 Å². The lowest BCUT2D eigenvalue weighted by Gasteiger charge is -2.05. The standard InChI is InChI=1S/C10H11ClINO/c1-7-2-3-8(9(11)6-7)10(14)13-5-4-12/h2-3,6H,4-5H2,1H3,(H,13,14). The molecule has 0 saturated carbocycles. The molecular weight excluding hydrogens is 312 g/mol. The summed E-state index contributed by atoms with van der Waals surface area (Å²) in [7, 11) is 0. The van der Waals surface area contributed by atoms with Crippen LogP contribution in [-0.2, 0) is 0 Å². The molecule has 1 N–H and O–H groups in total. The van der Waals surface area contributed by atoms with E-state index in [1.165, 1.54) is 0 Å². The Morgan fingerprint density at radius 3 is 2.86 bits per heavy atom. The number of hydrogen-bond donors (Lipinski definition) is 1. The van der Waals surface area contributed by atoms with E-state index in [2.05, 4.69) is 27.9 Å². The Morgan fingerprint density at radius 1 is 1.57 bits per heavy atom. The van der Waals surface area contributed by atoms with E-state index in [9.17, 15) is 4.79 Å². The monoisotopic (exact) mass is 323 g/mol. The minimum absolute atomic E-state index is 0.105. The second kappa shape index (κ2) is 5.56. The van der Waals surface area contributed by atoms with Gasteiger partial charge in [0.2, 0.25) is 0 Å². The first-order valence-electron chi connectivity index (χ1n) is 4.25. The Labute approximate surface area is 102 Å². The Hall–Kier alpha value is -0.290. The lowest BCUT2D eigenvalue weighted by atomic mass is 10.1. The van der Waals surface area contributed by atoms with Gasteiger partial charge in [-0.05, 0) is 24.6 Å². The number of carbonyl (C=O) groups excluding carboxylic acids is 1. The van der Waals surface area contributed by atoms with E-state index < -0.39 is 0 Å². The second-order valence-corrected chi connectivity index (χ2v) is 4.41. The zero-order chi connectivity index (χ0) is 10.6. The molecule has 1 rings (SSSR count). The van der Waals surface area contributed by atoms with E-state index in [0.717, 1.165) is 9.99 Å². The van der Waals surface area contributed by atoms with Crippen LogP contribution >= 0.6 is 34.2 Å². The molecule has 76 valence electrons. The number of nitrogens with one attached hydrogen (secondary N) is 1. The fourth-order valence-corrected chi connectivity index (χ4v) is 1.65. The van der Waals surface area contributed by atoms with E-state index in [0.29, 0.717) is 17.1 Å². The Bertz CT molecular complexity index is 341. The quantitative estimate of drug-likeness (QED) is 0.672. The van der Waals surface area contributed by atoms with Crippen LogP contribution in [0.1, 0.15) is 15.9 Å². The number of carbonyl (C=O) groups is 1. The van der Waals surface area contributed by atoms with Crippen LogP contribution in [0.3, 0.4) is 0 Å². The van der Waals surface area contributed by atoms with Crippen molar-refractivity contribution < 1.29 is 4.79 Å². The number of alkyl halides is 1. The summed E-state index contributed by atoms with van der Waals surface area (Å²) in [6, 6.07) is 5.42. The number of rotatable bonds is 3. The topological polar surface area (TPSA) is 29.1 Å². The first-order chi connectivity index (χ1) is 6.65. The molecule has 0 unspecified atom stereocenters. The van der Waals surface area contributed by atoms with Crippen LogP contribution in [0.25, 0.3) is 0 Å². The smallest absolute Gasteiger partial charge is 0.252 e. The van der Waals surface area contributed by atoms with Gasteiger partial charge in [-0.15, -0.1) is 0 Å². The molecule has 0 fully saturated rings. The lowest BCUT2D eigenvalue weighted by Crippen LogP contribution is -2.25. The first-order valence-corrected chi connectivity index (χ1v) is 6.16. The summed E-state index contributed by atoms with van der Waals surface area (Å²) in [4.78, 5) is 11.5. The molecule has 0 bridgehead atoms. The molecule has 14 heavy (non-hydrogen) atoms. The maximum absolute atomic E-state index is 11.5. The highest BCUT2D eigenvalue weighted by Gasteiger charge is 2.08. The van der Waals surface area contributed by atoms with Crippen molar-refractivity contribution in [3.63, 3.8) is 0 Å². The molecule has 0 heterocycles. The number of amides is 1. The van der Waals surface area contributed by atoms with Gasteiger partial charge in [-0.2, -0.15) is 0 Å². The molecule has 4 heteroatoms. The summed E-state index contributed by atoms with van der Waals surface area (Å²) < 4.78 is 0.896. The summed E-state index contributed by atoms with van der Waals surface area (Å²) in [5.41, 5.74) is 1.60. The molecule has 0 aromatic heterocycles. The maximum atomic E-state index is 11.5. The highest BCUT2D eigenvalue weighted by atomic mass is 127. The van der Waals surface area contributed by atoms with E-state index in [4.69, 9.17) is 11.6 Å². The van der Waals surface area contributed by atoms with Crippen molar-refractivity contribution in [3.05, 3.63) is 34.3 Å². The van der Waals surface area contributed by atoms with Gasteiger partial charge in [0, 0.05) is 11.0 Å². The normalized spacial score (nSPS) is 9.93. The van der Waals surface area contributed by atoms with Crippen molar-refractivity contribution in [2.75, 3.05) is 11.0 Å². The van der Waals surface area contributed by atoms with Crippen LogP contribution in [-0.4, -0.2) is 16.9 Å². The average molecular weight is 324 g/mol. The van der Waals surface area contributed by atoms with Crippen molar-refractivity contribution in [1.82, 2.24) is 5.32 Å². The van der Waals surface area contributed by atoms with E-state index >= 15 is 0 Å². The zero-order valence-electron chi connectivity index (χ0n) is 7.81. The highest BCUT2D eigenvalue weighted by Crippen LogP contribution is 2.17. The van der Waals surface area contributed by atoms with Crippen molar-refractivity contribution >= 4 is 40.1 Å². The molecule has 2 nitrogen and oxygen atoms in total. The first kappa shape index (κ1) is 11.8. The minimum atomic E-state index is -0.105. The van der Waals surface area contributed by atoms with Crippen LogP contribution in [0, 0.1) is 6.92 Å². The van der Waals surface area contributed by atoms with Crippen molar-refractivity contribution in [2.24, 2.45) is 0 Å². The number of benzene rings is 1. The fourth-order valence-electron chi connectivity index (χ4n) is 1.06. The van der Waals surface area contributed by atoms with Crippen LogP contribution < -0.4 is 5.32 Å². The molecular formula is C10H11ClINO. The largest absolute Gasteiger partial charge is 0.351 e. The predicted molar refractivity (Wildman–Crippen MR) is 67.4 cm³/mol. The molecule has 0 spiro atoms. The third-order valence-electron chi connectivity index (χ3n) is 1.75. The van der Waals surface area contributed by atoms with Gasteiger partial charge in [0.1, 0.15) is 0 Å². The van der Waals surface area contributed by atoms with Gasteiger partial charge in [0.15, 0.2) is 0 Å². The van der Waals surface area contributed by atoms with E-state index in [1.54, 1.807) is 12.1 Å². The molecule has 0 saturated heterocycles. The second-order valence-electron chi connectivity index (χ2n) is 2.93. The summed E-state index contributed by atoms with van der Waals surface area (Å²) in [5, 5.41) is 3.29. The van der Waals surface area contributed by atoms with Crippen LogP contribution in [0.2, 0.25) is 5.02 Å². The highest BCUT2D eigenvalue weighted by molar-refractivity contribution is 14.1. The van der Waals surface area contributed by atoms with Crippen molar-refractivity contribution in [3.8, 4) is 0 Å². The van der Waals surface area contributed by atoms with Gasteiger partial charge in [-0.3, -0.25) is 4.79 Å². The Morgan fingerprint density at radius 2 is 2.29 bits per heavy atom. The van der Waals surface area contributed by atoms with Gasteiger partial charge in [0.05, 0.1) is 10.6 Å². The van der Waals surface area contributed by atoms with Gasteiger partial charge in [0.25, 0.3) is 5.91 Å². The summed E-state index contributed by atoms with van der Waals surface area (Å²) >= 11 is 8.15. The molecule has 0 aliphatic heterocycles. The van der Waals surface area contributed by atoms with Gasteiger partial charge >= 0.3 is 0 Å². The SMILES string of the molecule is Cc1ccc(C(=O)NCCI)c(Cl)c1. The van der Waals surface area contributed by atoms with Crippen LogP contribution in [0.5, 0.6) is 0 Å². The van der Waals surface area contributed by atoms with E-state index in [1.807, 2.05) is 13.0 Å². The summed E-state index contributed by atoms with van der Waals surface area (Å²) in [6.07, 6.45) is 0. The van der Waals surface area contributed by atoms with Gasteiger partial charge < -0.3 is 5.32 Å². The molecule has 0 atom stereocenters. The van der Waals surface area contributed by atoms with Crippen LogP contribution in [0.15, 0.2) is 18.2 Å². The lowest BCUT2D eigenvalue weighted by molar-refractivity contribution is 0.0956. The summed E-state index contributed by atoms with van der Waals surface area (Å²) in [5.74, 6) is -0.105. The molecule has 1 aromatic rings. The zero-order valence-corrected chi connectivity index (χ0v) is 10.7. The molecule has 1 aromatic carbocycles. The average Bonchev–Trinajstić information content (AvgIpc) is 2.14. The Kier molecular flexibility index (Phi) is 4.68. The van der Waals surface area contributed by atoms with Crippen LogP contribution in [0.4, 0.5) is 0 Å². The molecule has 1 amide bonds. The minimum Gasteiger partial charge on any atom is -0.351 e. The predicted octanol–water partition coefficient (Wildman–Crippen LogP) is 2.81. The third-order valence-corrected chi connectivity index (χ3v) is 2.60. The number of aryl methyl sites for hydroxylation is 1. The molecule has 0 radical (unpaired) electrons. The third kappa shape index (κ3) is 3.13. The van der Waals surface area contributed by atoms with Gasteiger partial charge in [-0.1, -0.05) is 40.3 Å². The maximum Gasteiger partial charge on any atom is 0.252 e. The fraction of sp³-hybridized carbons (Fsp3) is 0.300. The Balaban J connectivity index is 2.80. The van der Waals surface area contributed by atoms with Gasteiger partial charge in [-0.25, -0.2) is 0 Å². The number of hydrogen-bond acceptors (Lipinski definition) is 1. The summed E-state index contributed by atoms with van der Waals surface area (Å²) in [6.45, 7) is 2.61. The number of halogens is 2. The molecule has 0 aliphatic carbocycles. The molecule has 0 aliphatic rings.